The smallest absolute Gasteiger partial charge is 0.328 e. The number of carbonyl (C=O) groups excluding carboxylic acids is 5. The van der Waals surface area contributed by atoms with Crippen molar-refractivity contribution in [3.8, 4) is 16.3 Å². The lowest BCUT2D eigenvalue weighted by Crippen LogP contribution is -2.49. The van der Waals surface area contributed by atoms with Crippen LogP contribution >= 0.6 is 34.5 Å². The summed E-state index contributed by atoms with van der Waals surface area (Å²) >= 11 is 14.6. The molecule has 2 aliphatic heterocycles. The highest BCUT2D eigenvalue weighted by Gasteiger charge is 2.68. The molecule has 4 aliphatic rings. The Balaban J connectivity index is 1.26. The minimum absolute atomic E-state index is 0.0779. The summed E-state index contributed by atoms with van der Waals surface area (Å²) in [5.74, 6) is -6.22. The van der Waals surface area contributed by atoms with Gasteiger partial charge in [0.15, 0.2) is 0 Å². The van der Waals surface area contributed by atoms with Crippen LogP contribution in [-0.2, 0) is 26.2 Å². The lowest BCUT2D eigenvalue weighted by Gasteiger charge is -2.49. The molecule has 250 valence electrons. The van der Waals surface area contributed by atoms with Crippen LogP contribution in [-0.4, -0.2) is 49.4 Å². The van der Waals surface area contributed by atoms with E-state index in [9.17, 15) is 29.1 Å². The van der Waals surface area contributed by atoms with E-state index >= 15 is 0 Å². The van der Waals surface area contributed by atoms with Gasteiger partial charge in [0, 0.05) is 33.8 Å². The highest BCUT2D eigenvalue weighted by atomic mass is 35.5. The predicted molar refractivity (Wildman–Crippen MR) is 183 cm³/mol. The number of primary amides is 1. The first kappa shape index (κ1) is 31.7. The van der Waals surface area contributed by atoms with Gasteiger partial charge in [0.25, 0.3) is 0 Å². The van der Waals surface area contributed by atoms with Gasteiger partial charge in [-0.15, -0.1) is 11.3 Å². The molecule has 4 heterocycles. The quantitative estimate of drug-likeness (QED) is 0.197. The van der Waals surface area contributed by atoms with Gasteiger partial charge in [0.1, 0.15) is 17.3 Å². The molecule has 6 atom stereocenters. The van der Waals surface area contributed by atoms with Gasteiger partial charge >= 0.3 is 6.03 Å². The lowest BCUT2D eigenvalue weighted by molar-refractivity contribution is -0.136. The van der Waals surface area contributed by atoms with Gasteiger partial charge in [-0.05, 0) is 79.5 Å². The molecular formula is C35H29Cl2N5O6S. The summed E-state index contributed by atoms with van der Waals surface area (Å²) < 4.78 is 2.53. The van der Waals surface area contributed by atoms with E-state index < -0.39 is 64.7 Å². The van der Waals surface area contributed by atoms with Crippen LogP contribution in [0.4, 0.5) is 10.6 Å². The fourth-order valence-corrected chi connectivity index (χ4v) is 10.4. The average molecular weight is 719 g/mol. The molecule has 2 aromatic carbocycles. The SMILES string of the molecule is Cc1c(-c2cc(N3C(=O)C4CC5C(=CCC6C(=O)N(C(N)=O)C(=O)C65)C(c5ccc(O)cc5Cl)C4(C)C3=O)n(C)n2)sc2ccc(Cl)cc12. The van der Waals surface area contributed by atoms with Crippen LogP contribution in [0.1, 0.15) is 36.8 Å². The first-order valence-corrected chi connectivity index (χ1v) is 17.3. The normalized spacial score (nSPS) is 27.9. The predicted octanol–water partition coefficient (Wildman–Crippen LogP) is 5.93. The first-order chi connectivity index (χ1) is 23.2. The van der Waals surface area contributed by atoms with Crippen molar-refractivity contribution in [2.24, 2.45) is 41.9 Å². The number of nitrogens with two attached hydrogens (primary N) is 1. The van der Waals surface area contributed by atoms with E-state index in [2.05, 4.69) is 0 Å². The molecule has 2 saturated heterocycles. The molecule has 14 heteroatoms. The maximum absolute atomic E-state index is 14.9. The van der Waals surface area contributed by atoms with Crippen molar-refractivity contribution in [2.75, 3.05) is 4.90 Å². The maximum atomic E-state index is 14.9. The minimum Gasteiger partial charge on any atom is -0.508 e. The summed E-state index contributed by atoms with van der Waals surface area (Å²) in [5.41, 5.74) is 6.83. The van der Waals surface area contributed by atoms with Gasteiger partial charge in [0.2, 0.25) is 23.6 Å². The Bertz CT molecular complexity index is 2240. The van der Waals surface area contributed by atoms with Crippen LogP contribution in [0.2, 0.25) is 10.0 Å². The molecule has 0 spiro atoms. The number of anilines is 1. The van der Waals surface area contributed by atoms with Crippen LogP contribution in [0.15, 0.2) is 54.1 Å². The number of aromatic hydroxyl groups is 1. The number of thiophene rings is 1. The molecule has 49 heavy (non-hydrogen) atoms. The number of benzene rings is 2. The van der Waals surface area contributed by atoms with Crippen LogP contribution in [0.25, 0.3) is 20.7 Å². The third-order valence-corrected chi connectivity index (χ3v) is 12.9. The molecule has 6 unspecified atom stereocenters. The third-order valence-electron chi connectivity index (χ3n) is 11.0. The molecule has 8 rings (SSSR count). The minimum atomic E-state index is -1.36. The highest BCUT2D eigenvalue weighted by Crippen LogP contribution is 2.64. The Kier molecular flexibility index (Phi) is 6.95. The number of imide groups is 4. The summed E-state index contributed by atoms with van der Waals surface area (Å²) in [4.78, 5) is 71.0. The van der Waals surface area contributed by atoms with Crippen molar-refractivity contribution >= 4 is 80.1 Å². The largest absolute Gasteiger partial charge is 0.508 e. The van der Waals surface area contributed by atoms with Crippen LogP contribution in [0.5, 0.6) is 5.75 Å². The summed E-state index contributed by atoms with van der Waals surface area (Å²) in [6.45, 7) is 3.72. The number of hydrogen-bond acceptors (Lipinski definition) is 8. The Morgan fingerprint density at radius 1 is 1.04 bits per heavy atom. The van der Waals surface area contributed by atoms with Crippen molar-refractivity contribution < 1.29 is 29.1 Å². The molecule has 1 saturated carbocycles. The van der Waals surface area contributed by atoms with E-state index in [4.69, 9.17) is 34.0 Å². The van der Waals surface area contributed by atoms with Crippen LogP contribution in [0.3, 0.4) is 0 Å². The molecule has 0 bridgehead atoms. The second-order valence-corrected chi connectivity index (χ2v) is 15.3. The number of aromatic nitrogens is 2. The Hall–Kier alpha value is -4.52. The van der Waals surface area contributed by atoms with E-state index in [0.717, 1.165) is 20.5 Å². The van der Waals surface area contributed by atoms with E-state index in [1.165, 1.54) is 33.1 Å². The fourth-order valence-electron chi connectivity index (χ4n) is 8.76. The number of urea groups is 1. The summed E-state index contributed by atoms with van der Waals surface area (Å²) in [6.07, 6.45) is 2.08. The standard InChI is InChI=1S/C35H29Cl2N5O6S/c1-14-20-10-15(36)4-9-25(20)49-29(14)24-13-26(40(3)39-24)41-31(45)22-12-21-17(7-8-19-27(21)32(46)42(30(19)44)34(38)48)28(35(22,2)33(41)47)18-6-5-16(43)11-23(18)37/h4-7,9-11,13,19,21-22,27-28,43H,8,12H2,1-3H3,(H2,38,48). The molecule has 6 amide bonds. The van der Waals surface area contributed by atoms with Crippen molar-refractivity contribution in [1.82, 2.24) is 14.7 Å². The number of amides is 6. The van der Waals surface area contributed by atoms with Gasteiger partial charge in [-0.25, -0.2) is 9.69 Å². The number of phenolic OH excluding ortho intramolecular Hbond substituents is 1. The molecule has 11 nitrogen and oxygen atoms in total. The number of phenols is 1. The zero-order valence-corrected chi connectivity index (χ0v) is 28.8. The molecule has 4 aromatic rings. The number of carbonyl (C=O) groups is 5. The average Bonchev–Trinajstić information content (AvgIpc) is 3.71. The number of likely N-dealkylation sites (tertiary alicyclic amines) is 1. The van der Waals surface area contributed by atoms with Crippen molar-refractivity contribution in [1.29, 1.82) is 0 Å². The molecule has 2 aliphatic carbocycles. The number of hydrogen-bond donors (Lipinski definition) is 2. The van der Waals surface area contributed by atoms with Crippen LogP contribution < -0.4 is 10.6 Å². The number of aryl methyl sites for hydroxylation is 2. The van der Waals surface area contributed by atoms with Crippen molar-refractivity contribution in [3.05, 3.63) is 75.3 Å². The Labute approximate surface area is 293 Å². The highest BCUT2D eigenvalue weighted by molar-refractivity contribution is 7.22. The third kappa shape index (κ3) is 4.26. The second-order valence-electron chi connectivity index (χ2n) is 13.4. The fraction of sp³-hybridized carbons (Fsp3) is 0.314. The number of allylic oxidation sites excluding steroid dienone is 2. The summed E-state index contributed by atoms with van der Waals surface area (Å²) in [7, 11) is 1.67. The number of nitrogens with zero attached hydrogens (tertiary/aromatic N) is 4. The van der Waals surface area contributed by atoms with Gasteiger partial charge in [-0.3, -0.25) is 23.9 Å². The van der Waals surface area contributed by atoms with E-state index in [1.807, 2.05) is 31.2 Å². The monoisotopic (exact) mass is 717 g/mol. The van der Waals surface area contributed by atoms with Gasteiger partial charge in [-0.1, -0.05) is 40.9 Å². The van der Waals surface area contributed by atoms with Crippen molar-refractivity contribution in [3.63, 3.8) is 0 Å². The zero-order valence-electron chi connectivity index (χ0n) is 26.4. The van der Waals surface area contributed by atoms with Gasteiger partial charge < -0.3 is 10.8 Å². The summed E-state index contributed by atoms with van der Waals surface area (Å²) in [5, 5.41) is 16.7. The van der Waals surface area contributed by atoms with Crippen LogP contribution in [0, 0.1) is 36.0 Å². The van der Waals surface area contributed by atoms with Crippen molar-refractivity contribution in [2.45, 2.75) is 32.6 Å². The molecular weight excluding hydrogens is 689 g/mol. The van der Waals surface area contributed by atoms with E-state index in [-0.39, 0.29) is 29.4 Å². The zero-order chi connectivity index (χ0) is 34.8. The van der Waals surface area contributed by atoms with Gasteiger partial charge in [0.05, 0.1) is 28.0 Å². The molecule has 0 radical (unpaired) electrons. The van der Waals surface area contributed by atoms with Gasteiger partial charge in [-0.2, -0.15) is 10.00 Å². The molecule has 3 fully saturated rings. The van der Waals surface area contributed by atoms with E-state index in [0.29, 0.717) is 26.8 Å². The Morgan fingerprint density at radius 2 is 1.80 bits per heavy atom. The molecule has 3 N–H and O–H groups in total. The summed E-state index contributed by atoms with van der Waals surface area (Å²) in [6, 6.07) is 10.7. The van der Waals surface area contributed by atoms with E-state index in [1.54, 1.807) is 26.1 Å². The second kappa shape index (κ2) is 10.7. The molecule has 2 aromatic heterocycles. The number of halogens is 2. The Morgan fingerprint density at radius 3 is 2.51 bits per heavy atom. The topological polar surface area (TPSA) is 156 Å². The maximum Gasteiger partial charge on any atom is 0.328 e. The first-order valence-electron chi connectivity index (χ1n) is 15.7. The number of fused-ring (bicyclic) bond motifs is 5. The number of rotatable bonds is 3. The lowest BCUT2D eigenvalue weighted by atomic mass is 9.51.